The van der Waals surface area contributed by atoms with Crippen LogP contribution in [0.15, 0.2) is 82.9 Å². The average molecular weight is 503 g/mol. The van der Waals surface area contributed by atoms with Gasteiger partial charge >= 0.3 is 0 Å². The van der Waals surface area contributed by atoms with Crippen LogP contribution in [0.3, 0.4) is 0 Å². The molecule has 1 unspecified atom stereocenters. The summed E-state index contributed by atoms with van der Waals surface area (Å²) in [5.74, 6) is 0.673. The van der Waals surface area contributed by atoms with Crippen LogP contribution in [0.25, 0.3) is 5.70 Å². The number of ether oxygens (including phenoxy) is 1. The summed E-state index contributed by atoms with van der Waals surface area (Å²) in [6.07, 6.45) is 8.54. The zero-order valence-electron chi connectivity index (χ0n) is 21.9. The van der Waals surface area contributed by atoms with Crippen LogP contribution in [0.2, 0.25) is 0 Å². The van der Waals surface area contributed by atoms with Crippen molar-refractivity contribution < 1.29 is 13.9 Å². The first-order chi connectivity index (χ1) is 17.9. The number of benzene rings is 2. The van der Waals surface area contributed by atoms with Gasteiger partial charge in [0.15, 0.2) is 5.96 Å². The molecule has 37 heavy (non-hydrogen) atoms. The second-order valence-electron chi connectivity index (χ2n) is 9.55. The summed E-state index contributed by atoms with van der Waals surface area (Å²) in [6.45, 7) is 6.55. The van der Waals surface area contributed by atoms with Crippen LogP contribution >= 0.6 is 0 Å². The minimum Gasteiger partial charge on any atom is -0.497 e. The molecule has 0 fully saturated rings. The maximum absolute atomic E-state index is 15.0. The van der Waals surface area contributed by atoms with E-state index in [4.69, 9.17) is 4.74 Å². The Balaban J connectivity index is 1.64. The Bertz CT molecular complexity index is 1260. The minimum absolute atomic E-state index is 0.0159. The van der Waals surface area contributed by atoms with Crippen LogP contribution < -0.4 is 15.4 Å². The lowest BCUT2D eigenvalue weighted by atomic mass is 10.0. The highest BCUT2D eigenvalue weighted by atomic mass is 19.1. The molecule has 1 amide bonds. The van der Waals surface area contributed by atoms with Gasteiger partial charge < -0.3 is 20.3 Å². The van der Waals surface area contributed by atoms with E-state index in [9.17, 15) is 9.18 Å². The lowest BCUT2D eigenvalue weighted by molar-refractivity contribution is -0.129. The van der Waals surface area contributed by atoms with Crippen molar-refractivity contribution >= 4 is 17.6 Å². The van der Waals surface area contributed by atoms with Gasteiger partial charge in [-0.05, 0) is 69.0 Å². The van der Waals surface area contributed by atoms with Crippen molar-refractivity contribution in [3.63, 3.8) is 0 Å². The number of rotatable bonds is 8. The molecule has 6 nitrogen and oxygen atoms in total. The van der Waals surface area contributed by atoms with Crippen LogP contribution in [0, 0.1) is 5.82 Å². The third kappa shape index (κ3) is 6.28. The van der Waals surface area contributed by atoms with E-state index in [0.717, 1.165) is 24.2 Å². The first-order valence-electron chi connectivity index (χ1n) is 12.7. The van der Waals surface area contributed by atoms with Crippen molar-refractivity contribution in [3.8, 4) is 5.75 Å². The third-order valence-corrected chi connectivity index (χ3v) is 6.59. The Morgan fingerprint density at radius 2 is 1.97 bits per heavy atom. The molecule has 194 valence electrons. The van der Waals surface area contributed by atoms with E-state index in [1.165, 1.54) is 11.6 Å². The molecule has 7 heteroatoms. The Labute approximate surface area is 218 Å². The van der Waals surface area contributed by atoms with Crippen molar-refractivity contribution in [3.05, 3.63) is 94.8 Å². The highest BCUT2D eigenvalue weighted by Crippen LogP contribution is 2.26. The minimum atomic E-state index is -0.397. The maximum Gasteiger partial charge on any atom is 0.254 e. The molecular weight excluding hydrogens is 467 g/mol. The fraction of sp³-hybridized carbons (Fsp3) is 0.333. The molecule has 2 N–H and O–H groups in total. The van der Waals surface area contributed by atoms with Crippen molar-refractivity contribution in [2.45, 2.75) is 52.2 Å². The number of nitrogens with one attached hydrogen (secondary N) is 2. The highest BCUT2D eigenvalue weighted by molar-refractivity contribution is 6.06. The van der Waals surface area contributed by atoms with E-state index in [-0.39, 0.29) is 24.5 Å². The smallest absolute Gasteiger partial charge is 0.254 e. The number of aliphatic imine (C=N–C) groups is 1. The van der Waals surface area contributed by atoms with Gasteiger partial charge in [-0.3, -0.25) is 4.79 Å². The molecule has 4 rings (SSSR count). The molecule has 0 saturated heterocycles. The topological polar surface area (TPSA) is 66.0 Å². The van der Waals surface area contributed by atoms with E-state index in [1.807, 2.05) is 38.1 Å². The molecule has 1 heterocycles. The predicted molar refractivity (Wildman–Crippen MR) is 146 cm³/mol. The molecule has 1 aliphatic carbocycles. The SMILES string of the molecule is COc1cccc(CN(C(=O)C2=C(c3ccccc3F)NC(NC(C)C3=CCCC=C3)=NC2)C(C)C)c1. The van der Waals surface area contributed by atoms with Crippen molar-refractivity contribution in [2.24, 2.45) is 4.99 Å². The summed E-state index contributed by atoms with van der Waals surface area (Å²) in [7, 11) is 1.62. The van der Waals surface area contributed by atoms with Crippen LogP contribution in [-0.4, -0.2) is 42.5 Å². The molecule has 0 aromatic heterocycles. The number of methoxy groups -OCH3 is 1. The number of halogens is 1. The Kier molecular flexibility index (Phi) is 8.43. The monoisotopic (exact) mass is 502 g/mol. The van der Waals surface area contributed by atoms with Crippen LogP contribution in [-0.2, 0) is 11.3 Å². The number of amides is 1. The quantitative estimate of drug-likeness (QED) is 0.521. The molecule has 0 radical (unpaired) electrons. The molecule has 2 aromatic rings. The molecule has 0 bridgehead atoms. The predicted octanol–water partition coefficient (Wildman–Crippen LogP) is 5.20. The van der Waals surface area contributed by atoms with E-state index < -0.39 is 5.82 Å². The first-order valence-corrected chi connectivity index (χ1v) is 12.7. The summed E-state index contributed by atoms with van der Waals surface area (Å²) in [4.78, 5) is 20.4. The summed E-state index contributed by atoms with van der Waals surface area (Å²) < 4.78 is 20.3. The largest absolute Gasteiger partial charge is 0.497 e. The Morgan fingerprint density at radius 3 is 2.68 bits per heavy atom. The van der Waals surface area contributed by atoms with Crippen LogP contribution in [0.1, 0.15) is 44.7 Å². The summed E-state index contributed by atoms with van der Waals surface area (Å²) in [6, 6.07) is 14.1. The van der Waals surface area contributed by atoms with Crippen LogP contribution in [0.5, 0.6) is 5.75 Å². The molecule has 1 aliphatic heterocycles. The number of carbonyl (C=O) groups is 1. The molecular formula is C30H35FN4O2. The van der Waals surface area contributed by atoms with Gasteiger partial charge in [0.05, 0.1) is 31.0 Å². The van der Waals surface area contributed by atoms with Gasteiger partial charge in [0, 0.05) is 18.2 Å². The molecule has 0 saturated carbocycles. The maximum atomic E-state index is 15.0. The van der Waals surface area contributed by atoms with Gasteiger partial charge in [0.2, 0.25) is 0 Å². The number of hydrogen-bond acceptors (Lipinski definition) is 5. The van der Waals surface area contributed by atoms with Gasteiger partial charge in [-0.2, -0.15) is 0 Å². The number of hydrogen-bond donors (Lipinski definition) is 2. The van der Waals surface area contributed by atoms with Crippen molar-refractivity contribution in [1.29, 1.82) is 0 Å². The van der Waals surface area contributed by atoms with E-state index >= 15 is 0 Å². The van der Waals surface area contributed by atoms with Gasteiger partial charge in [0.25, 0.3) is 5.91 Å². The lowest BCUT2D eigenvalue weighted by Crippen LogP contribution is -2.46. The number of carbonyl (C=O) groups excluding carboxylic acids is 1. The second kappa shape index (κ2) is 11.9. The van der Waals surface area contributed by atoms with Gasteiger partial charge in [0.1, 0.15) is 11.6 Å². The third-order valence-electron chi connectivity index (χ3n) is 6.59. The molecule has 2 aliphatic rings. The summed E-state index contributed by atoms with van der Waals surface area (Å²) in [5, 5.41) is 6.64. The zero-order chi connectivity index (χ0) is 26.4. The van der Waals surface area contributed by atoms with Gasteiger partial charge in [-0.15, -0.1) is 0 Å². The Hall–Kier alpha value is -3.87. The highest BCUT2D eigenvalue weighted by Gasteiger charge is 2.29. The fourth-order valence-electron chi connectivity index (χ4n) is 4.49. The van der Waals surface area contributed by atoms with E-state index in [1.54, 1.807) is 30.2 Å². The number of nitrogens with zero attached hydrogens (tertiary/aromatic N) is 2. The van der Waals surface area contributed by atoms with Gasteiger partial charge in [-0.1, -0.05) is 42.5 Å². The normalized spacial score (nSPS) is 16.1. The first kappa shape index (κ1) is 26.2. The van der Waals surface area contributed by atoms with Crippen molar-refractivity contribution in [2.75, 3.05) is 13.7 Å². The number of guanidine groups is 1. The van der Waals surface area contributed by atoms with E-state index in [2.05, 4.69) is 40.8 Å². The molecule has 0 spiro atoms. The van der Waals surface area contributed by atoms with E-state index in [0.29, 0.717) is 29.3 Å². The van der Waals surface area contributed by atoms with Gasteiger partial charge in [-0.25, -0.2) is 9.38 Å². The molecule has 1 atom stereocenters. The zero-order valence-corrected chi connectivity index (χ0v) is 21.9. The average Bonchev–Trinajstić information content (AvgIpc) is 2.92. The molecule has 2 aromatic carbocycles. The Morgan fingerprint density at radius 1 is 1.16 bits per heavy atom. The van der Waals surface area contributed by atoms with Crippen LogP contribution in [0.4, 0.5) is 4.39 Å². The summed E-state index contributed by atoms with van der Waals surface area (Å²) >= 11 is 0. The standard InChI is InChI=1S/C30H35FN4O2/c1-20(2)35(19-22-11-10-14-24(17-22)37-4)29(36)26-18-32-30(33-21(3)23-12-6-5-7-13-23)34-28(26)25-15-8-9-16-27(25)31/h6,8-17,20-21H,5,7,18-19H2,1-4H3,(H2,32,33,34). The van der Waals surface area contributed by atoms with Crippen molar-refractivity contribution in [1.82, 2.24) is 15.5 Å². The fourth-order valence-corrected chi connectivity index (χ4v) is 4.49. The number of allylic oxidation sites excluding steroid dienone is 2. The lowest BCUT2D eigenvalue weighted by Gasteiger charge is -2.31. The summed E-state index contributed by atoms with van der Waals surface area (Å²) in [5.41, 5.74) is 3.34. The second-order valence-corrected chi connectivity index (χ2v) is 9.55.